The molecule has 0 saturated carbocycles. The van der Waals surface area contributed by atoms with Gasteiger partial charge in [0.15, 0.2) is 11.5 Å². The number of rotatable bonds is 3. The maximum atomic E-state index is 12.4. The average molecular weight is 381 g/mol. The molecule has 1 aliphatic heterocycles. The summed E-state index contributed by atoms with van der Waals surface area (Å²) in [6.45, 7) is 10.8. The Morgan fingerprint density at radius 2 is 1.57 bits per heavy atom. The first-order chi connectivity index (χ1) is 13.2. The van der Waals surface area contributed by atoms with E-state index in [-0.39, 0.29) is 22.9 Å². The van der Waals surface area contributed by atoms with Gasteiger partial charge in [0, 0.05) is 38.8 Å². The Balaban J connectivity index is 1.60. The first-order valence-electron chi connectivity index (χ1n) is 9.50. The van der Waals surface area contributed by atoms with Gasteiger partial charge in [-0.1, -0.05) is 32.9 Å². The Morgan fingerprint density at radius 3 is 2.07 bits per heavy atom. The van der Waals surface area contributed by atoms with Crippen molar-refractivity contribution in [2.24, 2.45) is 0 Å². The van der Waals surface area contributed by atoms with Crippen LogP contribution in [-0.2, 0) is 10.2 Å². The predicted molar refractivity (Wildman–Crippen MR) is 110 cm³/mol. The molecule has 28 heavy (non-hydrogen) atoms. The summed E-state index contributed by atoms with van der Waals surface area (Å²) in [7, 11) is 0. The summed E-state index contributed by atoms with van der Waals surface area (Å²) >= 11 is 0. The van der Waals surface area contributed by atoms with Crippen molar-refractivity contribution in [3.8, 4) is 0 Å². The van der Waals surface area contributed by atoms with Crippen LogP contribution in [0.4, 0.5) is 11.5 Å². The molecule has 1 saturated heterocycles. The van der Waals surface area contributed by atoms with Gasteiger partial charge in [-0.05, 0) is 35.2 Å². The molecule has 1 aliphatic rings. The van der Waals surface area contributed by atoms with Crippen molar-refractivity contribution in [1.82, 2.24) is 15.1 Å². The van der Waals surface area contributed by atoms with E-state index in [1.807, 2.05) is 29.2 Å². The first-order valence-corrected chi connectivity index (χ1v) is 9.50. The monoisotopic (exact) mass is 381 g/mol. The molecule has 0 unspecified atom stereocenters. The number of hydrogen-bond donors (Lipinski definition) is 1. The predicted octanol–water partition coefficient (Wildman–Crippen LogP) is 2.69. The Hall–Kier alpha value is -2.96. The van der Waals surface area contributed by atoms with Crippen molar-refractivity contribution in [3.05, 3.63) is 47.7 Å². The van der Waals surface area contributed by atoms with Crippen LogP contribution >= 0.6 is 0 Å². The lowest BCUT2D eigenvalue weighted by Crippen LogP contribution is -2.48. The van der Waals surface area contributed by atoms with Crippen LogP contribution in [-0.4, -0.2) is 53.1 Å². The lowest BCUT2D eigenvalue weighted by atomic mass is 9.87. The van der Waals surface area contributed by atoms with Gasteiger partial charge in [0.25, 0.3) is 5.91 Å². The smallest absolute Gasteiger partial charge is 0.276 e. The highest BCUT2D eigenvalue weighted by atomic mass is 16.2. The van der Waals surface area contributed by atoms with Gasteiger partial charge in [-0.3, -0.25) is 9.59 Å². The number of nitrogens with zero attached hydrogens (tertiary/aromatic N) is 4. The van der Waals surface area contributed by atoms with E-state index >= 15 is 0 Å². The fraction of sp³-hybridized carbons (Fsp3) is 0.429. The zero-order valence-corrected chi connectivity index (χ0v) is 16.9. The second-order valence-electron chi connectivity index (χ2n) is 8.05. The molecule has 0 bridgehead atoms. The van der Waals surface area contributed by atoms with E-state index in [2.05, 4.69) is 41.2 Å². The molecule has 0 spiro atoms. The van der Waals surface area contributed by atoms with Crippen molar-refractivity contribution in [2.75, 3.05) is 36.4 Å². The molecule has 7 heteroatoms. The number of aromatic nitrogens is 2. The highest BCUT2D eigenvalue weighted by molar-refractivity contribution is 6.02. The van der Waals surface area contributed by atoms with E-state index in [4.69, 9.17) is 0 Å². The number of benzene rings is 1. The Labute approximate surface area is 165 Å². The number of piperazine rings is 1. The molecule has 7 nitrogen and oxygen atoms in total. The minimum atomic E-state index is -0.288. The SMILES string of the molecule is CC(=O)N1CCN(c2ccc(C(=O)Nc3ccc(C(C)(C)C)cc3)nn2)CC1. The van der Waals surface area contributed by atoms with Crippen LogP contribution in [0.2, 0.25) is 0 Å². The third-order valence-electron chi connectivity index (χ3n) is 4.94. The van der Waals surface area contributed by atoms with Crippen LogP contribution < -0.4 is 10.2 Å². The Kier molecular flexibility index (Phi) is 5.63. The van der Waals surface area contributed by atoms with Gasteiger partial charge in [-0.15, -0.1) is 10.2 Å². The summed E-state index contributed by atoms with van der Waals surface area (Å²) < 4.78 is 0. The number of hydrogen-bond acceptors (Lipinski definition) is 5. The zero-order chi connectivity index (χ0) is 20.3. The van der Waals surface area contributed by atoms with Gasteiger partial charge in [0.05, 0.1) is 0 Å². The van der Waals surface area contributed by atoms with Crippen molar-refractivity contribution < 1.29 is 9.59 Å². The summed E-state index contributed by atoms with van der Waals surface area (Å²) in [5, 5.41) is 11.1. The summed E-state index contributed by atoms with van der Waals surface area (Å²) in [6, 6.07) is 11.3. The second-order valence-corrected chi connectivity index (χ2v) is 8.05. The molecule has 2 aromatic rings. The number of anilines is 2. The minimum Gasteiger partial charge on any atom is -0.352 e. The largest absolute Gasteiger partial charge is 0.352 e. The maximum absolute atomic E-state index is 12.4. The van der Waals surface area contributed by atoms with Crippen molar-refractivity contribution >= 4 is 23.3 Å². The topological polar surface area (TPSA) is 78.4 Å². The maximum Gasteiger partial charge on any atom is 0.276 e. The summed E-state index contributed by atoms with van der Waals surface area (Å²) in [5.74, 6) is 0.520. The molecule has 1 aromatic carbocycles. The molecule has 3 rings (SSSR count). The third-order valence-corrected chi connectivity index (χ3v) is 4.94. The van der Waals surface area contributed by atoms with Gasteiger partial charge in [0.2, 0.25) is 5.91 Å². The fourth-order valence-electron chi connectivity index (χ4n) is 3.11. The molecular weight excluding hydrogens is 354 g/mol. The molecule has 0 radical (unpaired) electrons. The van der Waals surface area contributed by atoms with Crippen molar-refractivity contribution in [1.29, 1.82) is 0 Å². The van der Waals surface area contributed by atoms with E-state index in [1.165, 1.54) is 5.56 Å². The van der Waals surface area contributed by atoms with E-state index < -0.39 is 0 Å². The van der Waals surface area contributed by atoms with Crippen LogP contribution in [0.25, 0.3) is 0 Å². The van der Waals surface area contributed by atoms with Crippen molar-refractivity contribution in [2.45, 2.75) is 33.1 Å². The molecule has 2 amide bonds. The van der Waals surface area contributed by atoms with E-state index in [9.17, 15) is 9.59 Å². The molecular formula is C21H27N5O2. The standard InChI is InChI=1S/C21H27N5O2/c1-15(27)25-11-13-26(14-12-25)19-10-9-18(23-24-19)20(28)22-17-7-5-16(6-8-17)21(2,3)4/h5-10H,11-14H2,1-4H3,(H,22,28). The average Bonchev–Trinajstić information content (AvgIpc) is 2.68. The molecule has 1 aromatic heterocycles. The summed E-state index contributed by atoms with van der Waals surface area (Å²) in [6.07, 6.45) is 0. The van der Waals surface area contributed by atoms with Crippen LogP contribution in [0.1, 0.15) is 43.7 Å². The Morgan fingerprint density at radius 1 is 0.929 bits per heavy atom. The normalized spacial score (nSPS) is 14.7. The van der Waals surface area contributed by atoms with Gasteiger partial charge in [-0.25, -0.2) is 0 Å². The minimum absolute atomic E-state index is 0.0692. The Bertz CT molecular complexity index is 833. The van der Waals surface area contributed by atoms with Gasteiger partial charge in [-0.2, -0.15) is 0 Å². The van der Waals surface area contributed by atoms with Gasteiger partial charge < -0.3 is 15.1 Å². The van der Waals surface area contributed by atoms with Crippen LogP contribution in [0.5, 0.6) is 0 Å². The molecule has 2 heterocycles. The zero-order valence-electron chi connectivity index (χ0n) is 16.9. The van der Waals surface area contributed by atoms with Gasteiger partial charge >= 0.3 is 0 Å². The van der Waals surface area contributed by atoms with Gasteiger partial charge in [0.1, 0.15) is 0 Å². The molecule has 0 aliphatic carbocycles. The lowest BCUT2D eigenvalue weighted by Gasteiger charge is -2.34. The first kappa shape index (κ1) is 19.8. The molecule has 148 valence electrons. The van der Waals surface area contributed by atoms with E-state index in [0.717, 1.165) is 5.69 Å². The lowest BCUT2D eigenvalue weighted by molar-refractivity contribution is -0.129. The highest BCUT2D eigenvalue weighted by Gasteiger charge is 2.20. The van der Waals surface area contributed by atoms with Crippen molar-refractivity contribution in [3.63, 3.8) is 0 Å². The van der Waals surface area contributed by atoms with Crippen LogP contribution in [0, 0.1) is 0 Å². The molecule has 1 N–H and O–H groups in total. The summed E-state index contributed by atoms with van der Waals surface area (Å²) in [4.78, 5) is 27.7. The second kappa shape index (κ2) is 7.96. The molecule has 1 fully saturated rings. The number of amides is 2. The quantitative estimate of drug-likeness (QED) is 0.884. The van der Waals surface area contributed by atoms with Crippen LogP contribution in [0.15, 0.2) is 36.4 Å². The van der Waals surface area contributed by atoms with E-state index in [1.54, 1.807) is 19.1 Å². The number of carbonyl (C=O) groups is 2. The highest BCUT2D eigenvalue weighted by Crippen LogP contribution is 2.23. The molecule has 0 atom stereocenters. The van der Waals surface area contributed by atoms with Crippen LogP contribution in [0.3, 0.4) is 0 Å². The number of nitrogens with one attached hydrogen (secondary N) is 1. The fourth-order valence-corrected chi connectivity index (χ4v) is 3.11. The number of carbonyl (C=O) groups excluding carboxylic acids is 2. The van der Waals surface area contributed by atoms with E-state index in [0.29, 0.717) is 32.0 Å². The third kappa shape index (κ3) is 4.65. The summed E-state index contributed by atoms with van der Waals surface area (Å²) in [5.41, 5.74) is 2.27.